The van der Waals surface area contributed by atoms with E-state index in [-0.39, 0.29) is 0 Å². The van der Waals surface area contributed by atoms with E-state index in [4.69, 9.17) is 0 Å². The summed E-state index contributed by atoms with van der Waals surface area (Å²) < 4.78 is 21.2. The number of allylic oxidation sites excluding steroid dienone is 1. The first kappa shape index (κ1) is 7.76. The van der Waals surface area contributed by atoms with Crippen molar-refractivity contribution in [2.45, 2.75) is 6.42 Å². The Morgan fingerprint density at radius 2 is 2.08 bits per heavy atom. The van der Waals surface area contributed by atoms with E-state index in [1.807, 2.05) is 16.8 Å². The molecular weight excluding hydrogens is 192 g/mol. The summed E-state index contributed by atoms with van der Waals surface area (Å²) in [5, 5.41) is 4.02. The van der Waals surface area contributed by atoms with Crippen molar-refractivity contribution in [2.75, 3.05) is 0 Å². The average Bonchev–Trinajstić information content (AvgIpc) is 2.49. The zero-order chi connectivity index (χ0) is 8.55. The highest BCUT2D eigenvalue weighted by atomic mass is 32.2. The van der Waals surface area contributed by atoms with Crippen LogP contribution in [0.3, 0.4) is 0 Å². The lowest BCUT2D eigenvalue weighted by Crippen LogP contribution is -2.04. The van der Waals surface area contributed by atoms with E-state index >= 15 is 0 Å². The minimum absolute atomic E-state index is 0.473. The summed E-state index contributed by atoms with van der Waals surface area (Å²) in [7, 11) is -2.06. The van der Waals surface area contributed by atoms with Gasteiger partial charge in [0.1, 0.15) is 0 Å². The van der Waals surface area contributed by atoms with Crippen LogP contribution in [-0.4, -0.2) is 13.3 Å². The van der Waals surface area contributed by atoms with Gasteiger partial charge in [-0.3, -0.25) is 0 Å². The first-order valence-electron chi connectivity index (χ1n) is 3.45. The minimum Gasteiger partial charge on any atom is -0.184 e. The van der Waals surface area contributed by atoms with E-state index in [1.54, 1.807) is 17.4 Å². The molecule has 2 nitrogen and oxygen atoms in total. The van der Waals surface area contributed by atoms with E-state index < -0.39 is 10.3 Å². The van der Waals surface area contributed by atoms with Gasteiger partial charge >= 0.3 is 0 Å². The van der Waals surface area contributed by atoms with Crippen molar-refractivity contribution in [3.8, 4) is 0 Å². The third-order valence-electron chi connectivity index (χ3n) is 1.80. The van der Waals surface area contributed by atoms with Gasteiger partial charge in [-0.1, -0.05) is 6.08 Å². The number of fused-ring (bicyclic) bond motifs is 1. The SMILES string of the molecule is O=S(=O)=C1C=Cc2cscc2C1. The molecule has 2 rings (SSSR count). The molecule has 0 saturated carbocycles. The molecule has 0 atom stereocenters. The van der Waals surface area contributed by atoms with Crippen LogP contribution in [0, 0.1) is 0 Å². The number of thiophene rings is 1. The summed E-state index contributed by atoms with van der Waals surface area (Å²) in [5.74, 6) is 0. The Bertz CT molecular complexity index is 455. The van der Waals surface area contributed by atoms with Crippen molar-refractivity contribution in [2.24, 2.45) is 0 Å². The molecule has 4 heteroatoms. The quantitative estimate of drug-likeness (QED) is 0.590. The van der Waals surface area contributed by atoms with Crippen LogP contribution in [0.2, 0.25) is 0 Å². The topological polar surface area (TPSA) is 34.1 Å². The third-order valence-corrected chi connectivity index (χ3v) is 3.32. The van der Waals surface area contributed by atoms with Crippen LogP contribution in [0.4, 0.5) is 0 Å². The van der Waals surface area contributed by atoms with Crippen LogP contribution < -0.4 is 0 Å². The highest BCUT2D eigenvalue weighted by Gasteiger charge is 2.09. The van der Waals surface area contributed by atoms with E-state index in [2.05, 4.69) is 0 Å². The fraction of sp³-hybridized carbons (Fsp3) is 0.125. The lowest BCUT2D eigenvalue weighted by Gasteiger charge is -2.03. The molecule has 62 valence electrons. The highest BCUT2D eigenvalue weighted by molar-refractivity contribution is 7.73. The van der Waals surface area contributed by atoms with Crippen LogP contribution in [-0.2, 0) is 16.7 Å². The molecule has 1 aromatic heterocycles. The molecule has 0 aliphatic heterocycles. The second-order valence-corrected chi connectivity index (χ2v) is 4.30. The zero-order valence-electron chi connectivity index (χ0n) is 6.15. The lowest BCUT2D eigenvalue weighted by molar-refractivity contribution is 0.627. The van der Waals surface area contributed by atoms with Crippen molar-refractivity contribution >= 4 is 32.6 Å². The Morgan fingerprint density at radius 1 is 1.25 bits per heavy atom. The maximum Gasteiger partial charge on any atom is 0.217 e. The van der Waals surface area contributed by atoms with Crippen LogP contribution >= 0.6 is 11.3 Å². The van der Waals surface area contributed by atoms with Crippen molar-refractivity contribution < 1.29 is 8.42 Å². The highest BCUT2D eigenvalue weighted by Crippen LogP contribution is 2.21. The summed E-state index contributed by atoms with van der Waals surface area (Å²) in [6, 6.07) is 0. The summed E-state index contributed by atoms with van der Waals surface area (Å²) >= 11 is 1.60. The van der Waals surface area contributed by atoms with Gasteiger partial charge in [-0.25, -0.2) is 0 Å². The van der Waals surface area contributed by atoms with E-state index in [9.17, 15) is 8.42 Å². The van der Waals surface area contributed by atoms with Gasteiger partial charge in [0.05, 0.1) is 4.86 Å². The smallest absolute Gasteiger partial charge is 0.184 e. The second kappa shape index (κ2) is 2.88. The van der Waals surface area contributed by atoms with E-state index in [1.165, 1.54) is 0 Å². The molecule has 1 heterocycles. The minimum atomic E-state index is -2.06. The molecule has 0 amide bonds. The molecule has 0 fully saturated rings. The maximum atomic E-state index is 10.6. The van der Waals surface area contributed by atoms with E-state index in [0.717, 1.165) is 11.1 Å². The molecule has 0 unspecified atom stereocenters. The summed E-state index contributed by atoms with van der Waals surface area (Å²) in [4.78, 5) is 0.473. The van der Waals surface area contributed by atoms with Crippen LogP contribution in [0.1, 0.15) is 11.1 Å². The van der Waals surface area contributed by atoms with Gasteiger partial charge in [-0.15, -0.1) is 0 Å². The Labute approximate surface area is 75.7 Å². The number of hydrogen-bond acceptors (Lipinski definition) is 3. The molecule has 0 saturated heterocycles. The number of hydrogen-bond donors (Lipinski definition) is 0. The number of rotatable bonds is 0. The standard InChI is InChI=1S/C8H6O2S2/c9-12(10)8-2-1-6-4-11-5-7(6)3-8/h1-2,4-5H,3H2. The predicted molar refractivity (Wildman–Crippen MR) is 51.0 cm³/mol. The van der Waals surface area contributed by atoms with Crippen molar-refractivity contribution in [1.29, 1.82) is 0 Å². The van der Waals surface area contributed by atoms with Crippen LogP contribution in [0.5, 0.6) is 0 Å². The van der Waals surface area contributed by atoms with Crippen molar-refractivity contribution in [3.63, 3.8) is 0 Å². The molecule has 0 bridgehead atoms. The van der Waals surface area contributed by atoms with Crippen molar-refractivity contribution in [3.05, 3.63) is 28.0 Å². The predicted octanol–water partition coefficient (Wildman–Crippen LogP) is 1.37. The summed E-state index contributed by atoms with van der Waals surface area (Å²) in [6.45, 7) is 0. The maximum absolute atomic E-state index is 10.6. The van der Waals surface area contributed by atoms with Gasteiger partial charge in [0.25, 0.3) is 0 Å². The molecule has 0 spiro atoms. The van der Waals surface area contributed by atoms with Crippen LogP contribution in [0.15, 0.2) is 16.8 Å². The lowest BCUT2D eigenvalue weighted by atomic mass is 10.0. The molecule has 1 aromatic rings. The molecule has 1 aliphatic carbocycles. The van der Waals surface area contributed by atoms with E-state index in [0.29, 0.717) is 11.3 Å². The van der Waals surface area contributed by atoms with Gasteiger partial charge in [0.2, 0.25) is 10.3 Å². The largest absolute Gasteiger partial charge is 0.217 e. The molecular formula is C8H6O2S2. The Morgan fingerprint density at radius 3 is 2.83 bits per heavy atom. The fourth-order valence-corrected chi connectivity index (χ4v) is 2.45. The average molecular weight is 198 g/mol. The van der Waals surface area contributed by atoms with Gasteiger partial charge in [-0.2, -0.15) is 19.8 Å². The van der Waals surface area contributed by atoms with Crippen LogP contribution in [0.25, 0.3) is 6.08 Å². The third kappa shape index (κ3) is 1.23. The monoisotopic (exact) mass is 198 g/mol. The summed E-state index contributed by atoms with van der Waals surface area (Å²) in [6.07, 6.45) is 4.06. The first-order valence-corrected chi connectivity index (χ1v) is 5.47. The molecule has 0 aromatic carbocycles. The zero-order valence-corrected chi connectivity index (χ0v) is 7.78. The van der Waals surface area contributed by atoms with Crippen molar-refractivity contribution in [1.82, 2.24) is 0 Å². The first-order chi connectivity index (χ1) is 5.77. The van der Waals surface area contributed by atoms with Gasteiger partial charge in [0.15, 0.2) is 0 Å². The summed E-state index contributed by atoms with van der Waals surface area (Å²) in [5.41, 5.74) is 2.26. The Hall–Kier alpha value is -0.870. The van der Waals surface area contributed by atoms with Gasteiger partial charge < -0.3 is 0 Å². The van der Waals surface area contributed by atoms with Gasteiger partial charge in [-0.05, 0) is 28.0 Å². The molecule has 0 N–H and O–H groups in total. The Balaban J connectivity index is 2.57. The molecule has 0 radical (unpaired) electrons. The van der Waals surface area contributed by atoms with Gasteiger partial charge in [0, 0.05) is 6.42 Å². The molecule has 12 heavy (non-hydrogen) atoms. The normalized spacial score (nSPS) is 14.5. The Kier molecular flexibility index (Phi) is 1.86. The molecule has 1 aliphatic rings. The fourth-order valence-electron chi connectivity index (χ4n) is 1.17. The second-order valence-electron chi connectivity index (χ2n) is 2.56.